The molecule has 0 bridgehead atoms. The molecule has 0 spiro atoms. The van der Waals surface area contributed by atoms with E-state index in [1.165, 1.54) is 18.9 Å². The van der Waals surface area contributed by atoms with Crippen molar-refractivity contribution >= 4 is 15.9 Å². The Hall–Kier alpha value is -0.660. The highest BCUT2D eigenvalue weighted by molar-refractivity contribution is 7.89. The van der Waals surface area contributed by atoms with Gasteiger partial charge in [0.2, 0.25) is 15.9 Å². The molecule has 0 radical (unpaired) electrons. The maximum atomic E-state index is 11.9. The Morgan fingerprint density at radius 3 is 2.33 bits per heavy atom. The normalized spacial score (nSPS) is 14.3. The second-order valence-corrected chi connectivity index (χ2v) is 7.04. The predicted octanol–water partition coefficient (Wildman–Crippen LogP) is -0.0664. The molecule has 0 heterocycles. The zero-order valence-corrected chi connectivity index (χ0v) is 12.5. The summed E-state index contributed by atoms with van der Waals surface area (Å²) in [7, 11) is -1.88. The highest BCUT2D eigenvalue weighted by Gasteiger charge is 2.25. The van der Waals surface area contributed by atoms with Crippen LogP contribution in [0.2, 0.25) is 0 Å². The Morgan fingerprint density at radius 1 is 1.44 bits per heavy atom. The van der Waals surface area contributed by atoms with E-state index in [2.05, 4.69) is 4.72 Å². The van der Waals surface area contributed by atoms with Crippen molar-refractivity contribution in [3.05, 3.63) is 0 Å². The fourth-order valence-corrected chi connectivity index (χ4v) is 2.93. The number of sulfonamides is 1. The smallest absolute Gasteiger partial charge is 0.240 e. The first-order chi connectivity index (χ1) is 7.98. The molecule has 0 aromatic carbocycles. The molecular formula is C11H24N2O4S. The van der Waals surface area contributed by atoms with Gasteiger partial charge in [-0.05, 0) is 27.2 Å². The van der Waals surface area contributed by atoms with Crippen LogP contribution in [0, 0.1) is 0 Å². The number of nitrogens with one attached hydrogen (secondary N) is 1. The molecule has 0 saturated heterocycles. The molecule has 2 N–H and O–H groups in total. The Morgan fingerprint density at radius 2 is 1.94 bits per heavy atom. The first-order valence-corrected chi connectivity index (χ1v) is 7.61. The molecule has 0 aliphatic heterocycles. The van der Waals surface area contributed by atoms with Crippen LogP contribution >= 0.6 is 0 Å². The largest absolute Gasteiger partial charge is 0.389 e. The Balaban J connectivity index is 4.52. The first kappa shape index (κ1) is 17.3. The fraction of sp³-hybridized carbons (Fsp3) is 0.909. The molecule has 0 aliphatic carbocycles. The number of hydrogen-bond donors (Lipinski definition) is 2. The van der Waals surface area contributed by atoms with Crippen LogP contribution in [0.25, 0.3) is 0 Å². The monoisotopic (exact) mass is 280 g/mol. The van der Waals surface area contributed by atoms with Gasteiger partial charge in [-0.3, -0.25) is 4.79 Å². The summed E-state index contributed by atoms with van der Waals surface area (Å²) in [4.78, 5) is 13.2. The van der Waals surface area contributed by atoms with Gasteiger partial charge in [-0.1, -0.05) is 6.92 Å². The Labute approximate surface area is 109 Å². The Kier molecular flexibility index (Phi) is 6.25. The minimum Gasteiger partial charge on any atom is -0.389 e. The van der Waals surface area contributed by atoms with Crippen molar-refractivity contribution in [2.75, 3.05) is 19.3 Å². The number of rotatable bonds is 7. The van der Waals surface area contributed by atoms with E-state index in [4.69, 9.17) is 0 Å². The van der Waals surface area contributed by atoms with Gasteiger partial charge in [0, 0.05) is 13.6 Å². The average Bonchev–Trinajstić information content (AvgIpc) is 2.12. The molecule has 1 amide bonds. The van der Waals surface area contributed by atoms with Crippen molar-refractivity contribution in [2.45, 2.75) is 45.8 Å². The van der Waals surface area contributed by atoms with Gasteiger partial charge in [0.05, 0.1) is 17.4 Å². The third-order valence-corrected chi connectivity index (χ3v) is 3.86. The highest BCUT2D eigenvalue weighted by Crippen LogP contribution is 2.05. The SMILES string of the molecule is CCCS(=O)(=O)NC(C)C(=O)N(C)CC(C)(C)O. The highest BCUT2D eigenvalue weighted by atomic mass is 32.2. The third-order valence-electron chi connectivity index (χ3n) is 2.20. The maximum Gasteiger partial charge on any atom is 0.240 e. The van der Waals surface area contributed by atoms with Crippen molar-refractivity contribution in [3.8, 4) is 0 Å². The number of hydrogen-bond acceptors (Lipinski definition) is 4. The van der Waals surface area contributed by atoms with E-state index >= 15 is 0 Å². The van der Waals surface area contributed by atoms with Crippen molar-refractivity contribution in [2.24, 2.45) is 0 Å². The summed E-state index contributed by atoms with van der Waals surface area (Å²) in [5, 5.41) is 9.60. The van der Waals surface area contributed by atoms with E-state index in [1.807, 2.05) is 0 Å². The molecule has 6 nitrogen and oxygen atoms in total. The zero-order valence-electron chi connectivity index (χ0n) is 11.7. The van der Waals surface area contributed by atoms with Gasteiger partial charge >= 0.3 is 0 Å². The van der Waals surface area contributed by atoms with E-state index in [9.17, 15) is 18.3 Å². The summed E-state index contributed by atoms with van der Waals surface area (Å²) in [5.74, 6) is -0.364. The van der Waals surface area contributed by atoms with Crippen LogP contribution in [0.4, 0.5) is 0 Å². The van der Waals surface area contributed by atoms with Crippen molar-refractivity contribution in [1.82, 2.24) is 9.62 Å². The van der Waals surface area contributed by atoms with E-state index in [-0.39, 0.29) is 18.2 Å². The topological polar surface area (TPSA) is 86.7 Å². The molecular weight excluding hydrogens is 256 g/mol. The van der Waals surface area contributed by atoms with Crippen LogP contribution in [0.15, 0.2) is 0 Å². The van der Waals surface area contributed by atoms with Crippen molar-refractivity contribution in [3.63, 3.8) is 0 Å². The lowest BCUT2D eigenvalue weighted by atomic mass is 10.1. The lowest BCUT2D eigenvalue weighted by molar-refractivity contribution is -0.133. The van der Waals surface area contributed by atoms with Crippen LogP contribution in [0.5, 0.6) is 0 Å². The summed E-state index contributed by atoms with van der Waals surface area (Å²) in [6.07, 6.45) is 0.496. The zero-order chi connectivity index (χ0) is 14.6. The van der Waals surface area contributed by atoms with E-state index < -0.39 is 21.7 Å². The fourth-order valence-electron chi connectivity index (χ4n) is 1.64. The van der Waals surface area contributed by atoms with Gasteiger partial charge in [-0.25, -0.2) is 13.1 Å². The number of nitrogens with zero attached hydrogens (tertiary/aromatic N) is 1. The third kappa shape index (κ3) is 6.93. The standard InChI is InChI=1S/C11H24N2O4S/c1-6-7-18(16,17)12-9(2)10(14)13(5)8-11(3,4)15/h9,12,15H,6-8H2,1-5H3. The molecule has 0 fully saturated rings. The lowest BCUT2D eigenvalue weighted by Crippen LogP contribution is -2.49. The molecule has 0 rings (SSSR count). The molecule has 0 saturated carbocycles. The summed E-state index contributed by atoms with van der Waals surface area (Å²) >= 11 is 0. The molecule has 108 valence electrons. The van der Waals surface area contributed by atoms with Gasteiger partial charge in [-0.2, -0.15) is 0 Å². The van der Waals surface area contributed by atoms with Crippen LogP contribution in [-0.2, 0) is 14.8 Å². The van der Waals surface area contributed by atoms with Crippen LogP contribution in [0.1, 0.15) is 34.1 Å². The molecule has 18 heavy (non-hydrogen) atoms. The summed E-state index contributed by atoms with van der Waals surface area (Å²) in [6, 6.07) is -0.825. The van der Waals surface area contributed by atoms with Crippen LogP contribution < -0.4 is 4.72 Å². The molecule has 0 aromatic heterocycles. The molecule has 0 aromatic rings. The maximum absolute atomic E-state index is 11.9. The number of carbonyl (C=O) groups is 1. The van der Waals surface area contributed by atoms with Crippen molar-refractivity contribution < 1.29 is 18.3 Å². The van der Waals surface area contributed by atoms with Crippen molar-refractivity contribution in [1.29, 1.82) is 0 Å². The second kappa shape index (κ2) is 6.49. The minimum absolute atomic E-state index is 0.000171. The molecule has 1 atom stereocenters. The van der Waals surface area contributed by atoms with Crippen LogP contribution in [-0.4, -0.2) is 55.3 Å². The molecule has 0 aliphatic rings. The number of amides is 1. The van der Waals surface area contributed by atoms with Gasteiger partial charge in [0.1, 0.15) is 0 Å². The van der Waals surface area contributed by atoms with E-state index in [0.29, 0.717) is 6.42 Å². The molecule has 1 unspecified atom stereocenters. The minimum atomic E-state index is -3.41. The summed E-state index contributed by atoms with van der Waals surface area (Å²) in [5.41, 5.74) is -1.01. The van der Waals surface area contributed by atoms with Crippen LogP contribution in [0.3, 0.4) is 0 Å². The van der Waals surface area contributed by atoms with Gasteiger partial charge in [-0.15, -0.1) is 0 Å². The summed E-state index contributed by atoms with van der Waals surface area (Å²) < 4.78 is 25.4. The second-order valence-electron chi connectivity index (χ2n) is 5.17. The number of aliphatic hydroxyl groups is 1. The van der Waals surface area contributed by atoms with Gasteiger partial charge in [0.15, 0.2) is 0 Å². The average molecular weight is 280 g/mol. The van der Waals surface area contributed by atoms with Gasteiger partial charge < -0.3 is 10.0 Å². The number of likely N-dealkylation sites (N-methyl/N-ethyl adjacent to an activating group) is 1. The predicted molar refractivity (Wildman–Crippen MR) is 70.6 cm³/mol. The Bertz CT molecular complexity index is 373. The molecule has 7 heteroatoms. The number of carbonyl (C=O) groups excluding carboxylic acids is 1. The van der Waals surface area contributed by atoms with Gasteiger partial charge in [0.25, 0.3) is 0 Å². The lowest BCUT2D eigenvalue weighted by Gasteiger charge is -2.27. The van der Waals surface area contributed by atoms with E-state index in [0.717, 1.165) is 0 Å². The van der Waals surface area contributed by atoms with E-state index in [1.54, 1.807) is 20.8 Å². The first-order valence-electron chi connectivity index (χ1n) is 5.96. The summed E-state index contributed by atoms with van der Waals surface area (Å²) in [6.45, 7) is 6.57. The quantitative estimate of drug-likeness (QED) is 0.683.